The minimum atomic E-state index is -0.568. The summed E-state index contributed by atoms with van der Waals surface area (Å²) < 4.78 is 20.2. The Bertz CT molecular complexity index is 1090. The number of hydrogen-bond acceptors (Lipinski definition) is 8. The zero-order valence-corrected chi connectivity index (χ0v) is 17.7. The van der Waals surface area contributed by atoms with Crippen molar-refractivity contribution >= 4 is 23.3 Å². The largest absolute Gasteiger partial charge is 0.434 e. The van der Waals surface area contributed by atoms with E-state index >= 15 is 0 Å². The van der Waals surface area contributed by atoms with Crippen molar-refractivity contribution < 1.29 is 18.7 Å². The lowest BCUT2D eigenvalue weighted by Gasteiger charge is -2.10. The summed E-state index contributed by atoms with van der Waals surface area (Å²) in [5.74, 6) is 0.307. The highest BCUT2D eigenvalue weighted by atomic mass is 19.1. The molecule has 1 aromatic carbocycles. The molecule has 2 heterocycles. The second-order valence-electron chi connectivity index (χ2n) is 6.91. The van der Waals surface area contributed by atoms with Crippen molar-refractivity contribution in [3.63, 3.8) is 0 Å². The van der Waals surface area contributed by atoms with Gasteiger partial charge in [0.25, 0.3) is 0 Å². The molecule has 0 fully saturated rings. The first-order valence-corrected chi connectivity index (χ1v) is 9.88. The second-order valence-corrected chi connectivity index (χ2v) is 6.91. The number of amides is 1. The van der Waals surface area contributed by atoms with Crippen LogP contribution in [0.3, 0.4) is 0 Å². The number of Topliss-reactive ketones (excluding diaryl/α,β-unsaturated/α-hetero) is 1. The van der Waals surface area contributed by atoms with Gasteiger partial charge in [0.05, 0.1) is 18.9 Å². The van der Waals surface area contributed by atoms with Gasteiger partial charge in [-0.25, -0.2) is 9.37 Å². The van der Waals surface area contributed by atoms with Gasteiger partial charge in [0.15, 0.2) is 11.6 Å². The van der Waals surface area contributed by atoms with Crippen LogP contribution in [0.2, 0.25) is 0 Å². The van der Waals surface area contributed by atoms with Gasteiger partial charge < -0.3 is 20.7 Å². The van der Waals surface area contributed by atoms with Crippen LogP contribution < -0.4 is 20.7 Å². The Labute approximate surface area is 184 Å². The maximum absolute atomic E-state index is 14.6. The summed E-state index contributed by atoms with van der Waals surface area (Å²) in [4.78, 5) is 34.4. The molecule has 32 heavy (non-hydrogen) atoms. The van der Waals surface area contributed by atoms with E-state index in [1.165, 1.54) is 38.4 Å². The highest BCUT2D eigenvalue weighted by Crippen LogP contribution is 2.28. The Hall–Kier alpha value is -3.92. The lowest BCUT2D eigenvalue weighted by Crippen LogP contribution is -2.26. The lowest BCUT2D eigenvalue weighted by molar-refractivity contribution is -0.116. The minimum absolute atomic E-state index is 0.00569. The fraction of sp³-hybridized carbons (Fsp3) is 0.227. The smallest absolute Gasteiger partial charge is 0.239 e. The molecule has 0 saturated heterocycles. The molecule has 0 saturated carbocycles. The second kappa shape index (κ2) is 10.9. The van der Waals surface area contributed by atoms with Gasteiger partial charge in [-0.3, -0.25) is 14.6 Å². The van der Waals surface area contributed by atoms with E-state index in [1.807, 2.05) is 0 Å². The molecule has 3 N–H and O–H groups in total. The van der Waals surface area contributed by atoms with E-state index < -0.39 is 5.82 Å². The number of anilines is 2. The molecule has 0 aliphatic heterocycles. The molecule has 0 bridgehead atoms. The van der Waals surface area contributed by atoms with Crippen LogP contribution >= 0.6 is 0 Å². The van der Waals surface area contributed by atoms with Gasteiger partial charge in [-0.05, 0) is 36.8 Å². The molecular formula is C22H23FN6O3. The number of halogens is 1. The number of benzene rings is 1. The van der Waals surface area contributed by atoms with Crippen molar-refractivity contribution in [2.24, 2.45) is 0 Å². The Morgan fingerprint density at radius 3 is 2.50 bits per heavy atom. The third kappa shape index (κ3) is 6.81. The zero-order valence-electron chi connectivity index (χ0n) is 17.7. The normalized spacial score (nSPS) is 10.5. The Morgan fingerprint density at radius 2 is 1.81 bits per heavy atom. The Morgan fingerprint density at radius 1 is 1.00 bits per heavy atom. The average molecular weight is 438 g/mol. The summed E-state index contributed by atoms with van der Waals surface area (Å²) in [5.41, 5.74) is 1.30. The number of ketones is 1. The molecule has 10 heteroatoms. The molecule has 0 unspecified atom stereocenters. The van der Waals surface area contributed by atoms with E-state index in [2.05, 4.69) is 30.9 Å². The fourth-order valence-electron chi connectivity index (χ4n) is 2.72. The number of nitrogens with zero attached hydrogens (tertiary/aromatic N) is 3. The van der Waals surface area contributed by atoms with Crippen molar-refractivity contribution in [1.82, 2.24) is 20.3 Å². The molecule has 166 valence electrons. The van der Waals surface area contributed by atoms with Gasteiger partial charge in [0.1, 0.15) is 17.4 Å². The number of carbonyl (C=O) groups is 2. The maximum Gasteiger partial charge on any atom is 0.239 e. The Kier molecular flexibility index (Phi) is 7.76. The van der Waals surface area contributed by atoms with Crippen LogP contribution in [-0.2, 0) is 9.59 Å². The van der Waals surface area contributed by atoms with Gasteiger partial charge in [0.2, 0.25) is 11.8 Å². The lowest BCUT2D eigenvalue weighted by atomic mass is 10.1. The predicted octanol–water partition coefficient (Wildman–Crippen LogP) is 3.02. The summed E-state index contributed by atoms with van der Waals surface area (Å²) in [6.45, 7) is 4.32. The van der Waals surface area contributed by atoms with Crippen molar-refractivity contribution in [3.05, 3.63) is 54.7 Å². The van der Waals surface area contributed by atoms with Gasteiger partial charge in [-0.15, -0.1) is 0 Å². The molecule has 2 aromatic heterocycles. The van der Waals surface area contributed by atoms with Gasteiger partial charge in [-0.2, -0.15) is 4.98 Å². The van der Waals surface area contributed by atoms with Crippen LogP contribution in [0, 0.1) is 5.82 Å². The number of hydrogen-bond donors (Lipinski definition) is 3. The number of pyridine rings is 1. The van der Waals surface area contributed by atoms with Crippen LogP contribution in [0.15, 0.2) is 48.9 Å². The number of rotatable bonds is 10. The molecule has 1 amide bonds. The standard InChI is InChI=1S/C22H23FN6O3/c1-14(30)10-24-7-8-26-21-12-25-13-22(29-21)32-19-5-3-16(9-18(19)23)17-4-6-20(27-11-17)28-15(2)31/h3-6,9,11-13,24H,7-8,10H2,1-2H3,(H,26,29)(H,27,28,31). The van der Waals surface area contributed by atoms with E-state index in [0.717, 1.165) is 0 Å². The maximum atomic E-state index is 14.6. The highest BCUT2D eigenvalue weighted by Gasteiger charge is 2.10. The number of carbonyl (C=O) groups excluding carboxylic acids is 2. The number of nitrogens with one attached hydrogen (secondary N) is 3. The highest BCUT2D eigenvalue weighted by molar-refractivity contribution is 5.87. The first-order chi connectivity index (χ1) is 15.4. The van der Waals surface area contributed by atoms with E-state index in [-0.39, 0.29) is 23.3 Å². The van der Waals surface area contributed by atoms with E-state index in [1.54, 1.807) is 24.4 Å². The predicted molar refractivity (Wildman–Crippen MR) is 118 cm³/mol. The van der Waals surface area contributed by atoms with Gasteiger partial charge in [-0.1, -0.05) is 6.07 Å². The van der Waals surface area contributed by atoms with Crippen LogP contribution in [0.25, 0.3) is 11.1 Å². The fourth-order valence-corrected chi connectivity index (χ4v) is 2.72. The van der Waals surface area contributed by atoms with E-state index in [0.29, 0.717) is 42.4 Å². The third-order valence-corrected chi connectivity index (χ3v) is 4.14. The van der Waals surface area contributed by atoms with E-state index in [9.17, 15) is 14.0 Å². The van der Waals surface area contributed by atoms with Gasteiger partial charge >= 0.3 is 0 Å². The SMILES string of the molecule is CC(=O)CNCCNc1cncc(Oc2ccc(-c3ccc(NC(C)=O)nc3)cc2F)n1. The summed E-state index contributed by atoms with van der Waals surface area (Å²) in [6, 6.07) is 7.91. The number of ether oxygens (including phenoxy) is 1. The van der Waals surface area contributed by atoms with Crippen molar-refractivity contribution in [3.8, 4) is 22.8 Å². The monoisotopic (exact) mass is 438 g/mol. The Balaban J connectivity index is 1.62. The quantitative estimate of drug-likeness (QED) is 0.414. The molecule has 0 atom stereocenters. The summed E-state index contributed by atoms with van der Waals surface area (Å²) in [7, 11) is 0. The first kappa shape index (κ1) is 22.8. The summed E-state index contributed by atoms with van der Waals surface area (Å²) in [5, 5.41) is 8.61. The van der Waals surface area contributed by atoms with Crippen LogP contribution in [0.5, 0.6) is 11.6 Å². The summed E-state index contributed by atoms with van der Waals surface area (Å²) >= 11 is 0. The molecular weight excluding hydrogens is 415 g/mol. The third-order valence-electron chi connectivity index (χ3n) is 4.14. The van der Waals surface area contributed by atoms with Gasteiger partial charge in [0, 0.05) is 31.8 Å². The number of aromatic nitrogens is 3. The van der Waals surface area contributed by atoms with Crippen molar-refractivity contribution in [1.29, 1.82) is 0 Å². The van der Waals surface area contributed by atoms with Crippen molar-refractivity contribution in [2.45, 2.75) is 13.8 Å². The zero-order chi connectivity index (χ0) is 22.9. The first-order valence-electron chi connectivity index (χ1n) is 9.88. The minimum Gasteiger partial charge on any atom is -0.434 e. The van der Waals surface area contributed by atoms with Crippen LogP contribution in [0.4, 0.5) is 16.0 Å². The molecule has 0 aliphatic rings. The van der Waals surface area contributed by atoms with Crippen LogP contribution in [-0.4, -0.2) is 46.3 Å². The molecule has 0 radical (unpaired) electrons. The van der Waals surface area contributed by atoms with Crippen LogP contribution in [0.1, 0.15) is 13.8 Å². The topological polar surface area (TPSA) is 118 Å². The molecule has 0 spiro atoms. The summed E-state index contributed by atoms with van der Waals surface area (Å²) in [6.07, 6.45) is 4.46. The average Bonchev–Trinajstić information content (AvgIpc) is 2.75. The van der Waals surface area contributed by atoms with Crippen molar-refractivity contribution in [2.75, 3.05) is 30.3 Å². The molecule has 9 nitrogen and oxygen atoms in total. The molecule has 3 rings (SSSR count). The molecule has 0 aliphatic carbocycles. The molecule has 3 aromatic rings. The van der Waals surface area contributed by atoms with E-state index in [4.69, 9.17) is 4.74 Å².